The molecule has 0 spiro atoms. The summed E-state index contributed by atoms with van der Waals surface area (Å²) in [6.45, 7) is 0.125. The van der Waals surface area contributed by atoms with Gasteiger partial charge in [0, 0.05) is 13.6 Å². The highest BCUT2D eigenvalue weighted by Crippen LogP contribution is 2.33. The van der Waals surface area contributed by atoms with Gasteiger partial charge in [-0.1, -0.05) is 18.2 Å². The number of thiophene rings is 1. The number of halogens is 3. The number of nitrogens with zero attached hydrogens (tertiary/aromatic N) is 3. The number of hydrogen-bond acceptors (Lipinski definition) is 4. The highest BCUT2D eigenvalue weighted by Gasteiger charge is 2.33. The van der Waals surface area contributed by atoms with Crippen LogP contribution in [0.3, 0.4) is 0 Å². The lowest BCUT2D eigenvalue weighted by molar-refractivity contribution is -0.138. The Kier molecular flexibility index (Phi) is 3.74. The second-order valence-corrected chi connectivity index (χ2v) is 5.76. The van der Waals surface area contributed by atoms with Gasteiger partial charge in [0.25, 0.3) is 0 Å². The van der Waals surface area contributed by atoms with Gasteiger partial charge in [-0.2, -0.15) is 13.2 Å². The van der Waals surface area contributed by atoms with E-state index in [1.165, 1.54) is 29.8 Å². The molecule has 0 atom stereocenters. The average molecular weight is 323 g/mol. The van der Waals surface area contributed by atoms with E-state index in [0.29, 0.717) is 5.82 Å². The van der Waals surface area contributed by atoms with Crippen molar-refractivity contribution in [3.05, 3.63) is 53.2 Å². The fraction of sp³-hybridized carbons (Fsp3) is 0.200. The lowest BCUT2D eigenvalue weighted by Gasteiger charge is -2.21. The van der Waals surface area contributed by atoms with Crippen LogP contribution in [0, 0.1) is 0 Å². The van der Waals surface area contributed by atoms with Crippen molar-refractivity contribution >= 4 is 27.4 Å². The lowest BCUT2D eigenvalue weighted by Crippen LogP contribution is -2.20. The van der Waals surface area contributed by atoms with Crippen LogP contribution in [0.4, 0.5) is 19.0 Å². The van der Waals surface area contributed by atoms with Gasteiger partial charge in [0.2, 0.25) is 0 Å². The molecule has 0 fully saturated rings. The van der Waals surface area contributed by atoms with E-state index in [1.807, 2.05) is 11.4 Å². The number of anilines is 1. The van der Waals surface area contributed by atoms with Gasteiger partial charge in [-0.05, 0) is 23.1 Å². The van der Waals surface area contributed by atoms with Gasteiger partial charge in [0.15, 0.2) is 0 Å². The molecular formula is C15H12F3N3S. The van der Waals surface area contributed by atoms with Crippen LogP contribution in [0.1, 0.15) is 11.1 Å². The molecule has 2 aromatic heterocycles. The van der Waals surface area contributed by atoms with Crippen molar-refractivity contribution < 1.29 is 13.2 Å². The normalized spacial score (nSPS) is 11.8. The summed E-state index contributed by atoms with van der Waals surface area (Å²) in [6, 6.07) is 7.46. The fourth-order valence-corrected chi connectivity index (χ4v) is 3.20. The average Bonchev–Trinajstić information content (AvgIpc) is 2.94. The zero-order valence-corrected chi connectivity index (χ0v) is 12.4. The number of alkyl halides is 3. The minimum atomic E-state index is -4.36. The molecule has 22 heavy (non-hydrogen) atoms. The smallest absolute Gasteiger partial charge is 0.354 e. The SMILES string of the molecule is CN(Cc1ccccc1C(F)(F)F)c1ncnc2ccsc12. The summed E-state index contributed by atoms with van der Waals surface area (Å²) in [5.41, 5.74) is 0.408. The fourth-order valence-electron chi connectivity index (χ4n) is 2.31. The molecule has 0 N–H and O–H groups in total. The predicted molar refractivity (Wildman–Crippen MR) is 81.0 cm³/mol. The zero-order chi connectivity index (χ0) is 15.7. The Labute approximate surface area is 129 Å². The summed E-state index contributed by atoms with van der Waals surface area (Å²) in [7, 11) is 1.73. The molecule has 0 radical (unpaired) electrons. The Morgan fingerprint density at radius 3 is 2.68 bits per heavy atom. The standard InChI is InChI=1S/C15H12F3N3S/c1-21(14-13-12(6-7-22-13)19-9-20-14)8-10-4-2-3-5-11(10)15(16,17)18/h2-7,9H,8H2,1H3. The van der Waals surface area contributed by atoms with Crippen molar-refractivity contribution in [1.29, 1.82) is 0 Å². The van der Waals surface area contributed by atoms with E-state index in [2.05, 4.69) is 9.97 Å². The van der Waals surface area contributed by atoms with Crippen molar-refractivity contribution in [2.75, 3.05) is 11.9 Å². The van der Waals surface area contributed by atoms with Gasteiger partial charge in [-0.15, -0.1) is 11.3 Å². The van der Waals surface area contributed by atoms with Crippen molar-refractivity contribution in [2.24, 2.45) is 0 Å². The van der Waals surface area contributed by atoms with Crippen LogP contribution in [0.2, 0.25) is 0 Å². The number of fused-ring (bicyclic) bond motifs is 1. The quantitative estimate of drug-likeness (QED) is 0.718. The van der Waals surface area contributed by atoms with Crippen LogP contribution >= 0.6 is 11.3 Å². The zero-order valence-electron chi connectivity index (χ0n) is 11.6. The van der Waals surface area contributed by atoms with Crippen molar-refractivity contribution in [3.63, 3.8) is 0 Å². The van der Waals surface area contributed by atoms with E-state index in [9.17, 15) is 13.2 Å². The molecule has 0 aliphatic carbocycles. The molecule has 0 aliphatic rings. The molecule has 2 heterocycles. The molecule has 0 saturated carbocycles. The third kappa shape index (κ3) is 2.76. The van der Waals surface area contributed by atoms with Gasteiger partial charge >= 0.3 is 6.18 Å². The van der Waals surface area contributed by atoms with Gasteiger partial charge in [0.05, 0.1) is 15.8 Å². The maximum absolute atomic E-state index is 13.1. The molecule has 0 amide bonds. The Balaban J connectivity index is 1.95. The first kappa shape index (κ1) is 14.8. The molecule has 3 aromatic rings. The minimum Gasteiger partial charge on any atom is -0.354 e. The molecular weight excluding hydrogens is 311 g/mol. The maximum atomic E-state index is 13.1. The molecule has 0 saturated heterocycles. The highest BCUT2D eigenvalue weighted by atomic mass is 32.1. The van der Waals surface area contributed by atoms with Crippen molar-refractivity contribution in [1.82, 2.24) is 9.97 Å². The lowest BCUT2D eigenvalue weighted by atomic mass is 10.1. The second kappa shape index (κ2) is 5.57. The van der Waals surface area contributed by atoms with Gasteiger partial charge in [0.1, 0.15) is 12.1 Å². The molecule has 0 unspecified atom stereocenters. The van der Waals surface area contributed by atoms with E-state index in [0.717, 1.165) is 16.3 Å². The third-order valence-corrected chi connectivity index (χ3v) is 4.22. The molecule has 3 rings (SSSR count). The summed E-state index contributed by atoms with van der Waals surface area (Å²) in [5, 5.41) is 1.89. The predicted octanol–water partition coefficient (Wildman–Crippen LogP) is 4.35. The van der Waals surface area contributed by atoms with E-state index in [1.54, 1.807) is 18.0 Å². The van der Waals surface area contributed by atoms with E-state index in [4.69, 9.17) is 0 Å². The second-order valence-electron chi connectivity index (χ2n) is 4.84. The first-order valence-corrected chi connectivity index (χ1v) is 7.39. The van der Waals surface area contributed by atoms with E-state index >= 15 is 0 Å². The van der Waals surface area contributed by atoms with Gasteiger partial charge < -0.3 is 4.90 Å². The minimum absolute atomic E-state index is 0.125. The number of hydrogen-bond donors (Lipinski definition) is 0. The van der Waals surface area contributed by atoms with Crippen molar-refractivity contribution in [3.8, 4) is 0 Å². The monoisotopic (exact) mass is 323 g/mol. The molecule has 1 aromatic carbocycles. The Morgan fingerprint density at radius 2 is 1.91 bits per heavy atom. The van der Waals surface area contributed by atoms with Gasteiger partial charge in [-0.3, -0.25) is 0 Å². The summed E-state index contributed by atoms with van der Waals surface area (Å²) < 4.78 is 40.1. The first-order valence-electron chi connectivity index (χ1n) is 6.51. The summed E-state index contributed by atoms with van der Waals surface area (Å²) in [6.07, 6.45) is -2.93. The molecule has 7 heteroatoms. The molecule has 114 valence electrons. The van der Waals surface area contributed by atoms with Crippen LogP contribution in [-0.4, -0.2) is 17.0 Å². The Morgan fingerprint density at radius 1 is 1.14 bits per heavy atom. The summed E-state index contributed by atoms with van der Waals surface area (Å²) in [5.74, 6) is 0.636. The Hall–Kier alpha value is -2.15. The van der Waals surface area contributed by atoms with Gasteiger partial charge in [-0.25, -0.2) is 9.97 Å². The molecule has 3 nitrogen and oxygen atoms in total. The summed E-state index contributed by atoms with van der Waals surface area (Å²) in [4.78, 5) is 10.1. The van der Waals surface area contributed by atoms with Crippen LogP contribution in [-0.2, 0) is 12.7 Å². The van der Waals surface area contributed by atoms with Crippen LogP contribution in [0.5, 0.6) is 0 Å². The van der Waals surface area contributed by atoms with Crippen LogP contribution < -0.4 is 4.90 Å². The maximum Gasteiger partial charge on any atom is 0.416 e. The Bertz CT molecular complexity index is 798. The third-order valence-electron chi connectivity index (χ3n) is 3.32. The summed E-state index contributed by atoms with van der Waals surface area (Å²) >= 11 is 1.47. The largest absolute Gasteiger partial charge is 0.416 e. The highest BCUT2D eigenvalue weighted by molar-refractivity contribution is 7.17. The number of aromatic nitrogens is 2. The van der Waals surface area contributed by atoms with E-state index in [-0.39, 0.29) is 12.1 Å². The van der Waals surface area contributed by atoms with Crippen LogP contribution in [0.15, 0.2) is 42.0 Å². The van der Waals surface area contributed by atoms with E-state index < -0.39 is 11.7 Å². The number of rotatable bonds is 3. The molecule has 0 aliphatic heterocycles. The van der Waals surface area contributed by atoms with Crippen molar-refractivity contribution in [2.45, 2.75) is 12.7 Å². The first-order chi connectivity index (χ1) is 10.5. The molecule has 0 bridgehead atoms. The van der Waals surface area contributed by atoms with Crippen LogP contribution in [0.25, 0.3) is 10.2 Å². The topological polar surface area (TPSA) is 29.0 Å². The number of benzene rings is 1.